The number of benzene rings is 1. The molecule has 0 aliphatic carbocycles. The molecule has 0 unspecified atom stereocenters. The fourth-order valence-corrected chi connectivity index (χ4v) is 4.40. The molecule has 0 fully saturated rings. The molecule has 6 aromatic rings. The third-order valence-corrected chi connectivity index (χ3v) is 5.84. The van der Waals surface area contributed by atoms with Crippen molar-refractivity contribution in [1.82, 2.24) is 25.1 Å². The normalized spacial score (nSPS) is 11.4. The van der Waals surface area contributed by atoms with E-state index < -0.39 is 0 Å². The Bertz CT molecular complexity index is 1450. The Labute approximate surface area is 170 Å². The molecule has 29 heavy (non-hydrogen) atoms. The van der Waals surface area contributed by atoms with E-state index in [0.29, 0.717) is 0 Å². The van der Waals surface area contributed by atoms with Gasteiger partial charge >= 0.3 is 0 Å². The molecular formula is C23H15N5S. The minimum absolute atomic E-state index is 0.878. The van der Waals surface area contributed by atoms with E-state index in [-0.39, 0.29) is 0 Å². The number of fused-ring (bicyclic) bond motifs is 2. The molecule has 0 saturated heterocycles. The first kappa shape index (κ1) is 16.2. The molecule has 6 rings (SSSR count). The van der Waals surface area contributed by atoms with E-state index in [4.69, 9.17) is 0 Å². The average Bonchev–Trinajstić information content (AvgIpc) is 3.52. The second-order valence-corrected chi connectivity index (χ2v) is 7.67. The lowest BCUT2D eigenvalue weighted by molar-refractivity contribution is 1.11. The van der Waals surface area contributed by atoms with Crippen LogP contribution in [0.25, 0.3) is 55.6 Å². The summed E-state index contributed by atoms with van der Waals surface area (Å²) < 4.78 is 0. The largest absolute Gasteiger partial charge is 0.353 e. The van der Waals surface area contributed by atoms with Crippen LogP contribution in [0.3, 0.4) is 0 Å². The molecule has 0 bridgehead atoms. The standard InChI is InChI=1S/C23H15N5S/c1-4-16(15-6-8-29-13-15)17-9-21(26-19(17)5-1)23-18-10-20(14-3-2-7-24-11-14)25-12-22(18)27-28-23/h1-13,26H,(H,27,28). The zero-order valence-electron chi connectivity index (χ0n) is 15.3. The zero-order chi connectivity index (χ0) is 19.2. The second kappa shape index (κ2) is 6.39. The minimum Gasteiger partial charge on any atom is -0.353 e. The molecule has 6 heteroatoms. The van der Waals surface area contributed by atoms with Gasteiger partial charge in [-0.3, -0.25) is 15.1 Å². The number of nitrogens with zero attached hydrogens (tertiary/aromatic N) is 3. The summed E-state index contributed by atoms with van der Waals surface area (Å²) in [6.07, 6.45) is 5.42. The van der Waals surface area contributed by atoms with E-state index in [1.165, 1.54) is 16.5 Å². The van der Waals surface area contributed by atoms with Gasteiger partial charge in [0.05, 0.1) is 23.1 Å². The number of hydrogen-bond acceptors (Lipinski definition) is 4. The summed E-state index contributed by atoms with van der Waals surface area (Å²) in [6.45, 7) is 0. The predicted molar refractivity (Wildman–Crippen MR) is 118 cm³/mol. The van der Waals surface area contributed by atoms with Crippen LogP contribution in [0.1, 0.15) is 0 Å². The summed E-state index contributed by atoms with van der Waals surface area (Å²) in [7, 11) is 0. The van der Waals surface area contributed by atoms with Crippen LogP contribution < -0.4 is 0 Å². The van der Waals surface area contributed by atoms with Crippen LogP contribution in [-0.2, 0) is 0 Å². The van der Waals surface area contributed by atoms with E-state index >= 15 is 0 Å². The van der Waals surface area contributed by atoms with Gasteiger partial charge in [0.15, 0.2) is 0 Å². The Hall–Kier alpha value is -3.77. The van der Waals surface area contributed by atoms with Crippen molar-refractivity contribution in [1.29, 1.82) is 0 Å². The molecule has 0 aliphatic heterocycles. The zero-order valence-corrected chi connectivity index (χ0v) is 16.1. The van der Waals surface area contributed by atoms with Crippen LogP contribution in [0.5, 0.6) is 0 Å². The maximum Gasteiger partial charge on any atom is 0.116 e. The molecule has 0 spiro atoms. The number of rotatable bonds is 3. The second-order valence-electron chi connectivity index (χ2n) is 6.89. The molecule has 1 aromatic carbocycles. The Morgan fingerprint density at radius 2 is 1.86 bits per heavy atom. The van der Waals surface area contributed by atoms with Crippen molar-refractivity contribution in [2.75, 3.05) is 0 Å². The number of aromatic amines is 2. The monoisotopic (exact) mass is 393 g/mol. The Balaban J connectivity index is 1.53. The van der Waals surface area contributed by atoms with Crippen molar-refractivity contribution < 1.29 is 0 Å². The van der Waals surface area contributed by atoms with Gasteiger partial charge in [0.25, 0.3) is 0 Å². The van der Waals surface area contributed by atoms with E-state index in [9.17, 15) is 0 Å². The maximum absolute atomic E-state index is 4.58. The van der Waals surface area contributed by atoms with Crippen molar-refractivity contribution in [2.24, 2.45) is 0 Å². The van der Waals surface area contributed by atoms with Gasteiger partial charge in [0, 0.05) is 34.2 Å². The van der Waals surface area contributed by atoms with Crippen molar-refractivity contribution in [3.8, 4) is 33.8 Å². The van der Waals surface area contributed by atoms with Gasteiger partial charge in [-0.15, -0.1) is 0 Å². The molecule has 5 heterocycles. The fourth-order valence-electron chi connectivity index (χ4n) is 3.75. The van der Waals surface area contributed by atoms with Gasteiger partial charge in [-0.25, -0.2) is 0 Å². The quantitative estimate of drug-likeness (QED) is 0.393. The van der Waals surface area contributed by atoms with E-state index in [1.807, 2.05) is 24.5 Å². The number of nitrogens with one attached hydrogen (secondary N) is 2. The van der Waals surface area contributed by atoms with Crippen LogP contribution in [0.4, 0.5) is 0 Å². The SMILES string of the molecule is c1cncc(-c2cc3c(-c4cc5c(-c6ccsc6)cccc5[nH]4)n[nH]c3cn2)c1. The predicted octanol–water partition coefficient (Wildman–Crippen LogP) is 5.90. The average molecular weight is 393 g/mol. The lowest BCUT2D eigenvalue weighted by Gasteiger charge is -2.00. The van der Waals surface area contributed by atoms with Crippen LogP contribution in [0.15, 0.2) is 77.9 Å². The first-order valence-corrected chi connectivity index (χ1v) is 10.2. The molecule has 0 saturated carbocycles. The van der Waals surface area contributed by atoms with Gasteiger partial charge in [0.1, 0.15) is 5.69 Å². The highest BCUT2D eigenvalue weighted by atomic mass is 32.1. The lowest BCUT2D eigenvalue weighted by atomic mass is 10.0. The summed E-state index contributed by atoms with van der Waals surface area (Å²) in [4.78, 5) is 12.3. The molecule has 5 aromatic heterocycles. The molecule has 138 valence electrons. The van der Waals surface area contributed by atoms with Crippen LogP contribution >= 0.6 is 11.3 Å². The van der Waals surface area contributed by atoms with Crippen molar-refractivity contribution in [3.05, 3.63) is 77.9 Å². The van der Waals surface area contributed by atoms with E-state index in [0.717, 1.165) is 39.1 Å². The highest BCUT2D eigenvalue weighted by Crippen LogP contribution is 2.35. The van der Waals surface area contributed by atoms with Crippen molar-refractivity contribution in [3.63, 3.8) is 0 Å². The van der Waals surface area contributed by atoms with Gasteiger partial charge in [-0.05, 0) is 58.3 Å². The topological polar surface area (TPSA) is 70.2 Å². The Kier molecular flexibility index (Phi) is 3.57. The van der Waals surface area contributed by atoms with Crippen LogP contribution in [0, 0.1) is 0 Å². The molecule has 2 N–H and O–H groups in total. The van der Waals surface area contributed by atoms with E-state index in [2.05, 4.69) is 72.3 Å². The Morgan fingerprint density at radius 3 is 2.72 bits per heavy atom. The minimum atomic E-state index is 0.878. The van der Waals surface area contributed by atoms with Crippen LogP contribution in [-0.4, -0.2) is 25.1 Å². The summed E-state index contributed by atoms with van der Waals surface area (Å²) in [5.74, 6) is 0. The van der Waals surface area contributed by atoms with Gasteiger partial charge in [-0.1, -0.05) is 12.1 Å². The number of aromatic nitrogens is 5. The van der Waals surface area contributed by atoms with Gasteiger partial charge in [-0.2, -0.15) is 16.4 Å². The first-order valence-electron chi connectivity index (χ1n) is 9.26. The summed E-state index contributed by atoms with van der Waals surface area (Å²) in [6, 6.07) is 16.7. The highest BCUT2D eigenvalue weighted by Gasteiger charge is 2.14. The molecule has 0 aliphatic rings. The summed E-state index contributed by atoms with van der Waals surface area (Å²) in [5.41, 5.74) is 8.20. The third-order valence-electron chi connectivity index (χ3n) is 5.16. The maximum atomic E-state index is 4.58. The first-order chi connectivity index (χ1) is 14.4. The van der Waals surface area contributed by atoms with E-state index in [1.54, 1.807) is 17.5 Å². The number of hydrogen-bond donors (Lipinski definition) is 2. The van der Waals surface area contributed by atoms with Crippen molar-refractivity contribution >= 4 is 33.1 Å². The van der Waals surface area contributed by atoms with Crippen molar-refractivity contribution in [2.45, 2.75) is 0 Å². The Morgan fingerprint density at radius 1 is 0.862 bits per heavy atom. The molecule has 0 amide bonds. The molecular weight excluding hydrogens is 378 g/mol. The number of H-pyrrole nitrogens is 2. The smallest absolute Gasteiger partial charge is 0.116 e. The molecule has 0 radical (unpaired) electrons. The molecule has 5 nitrogen and oxygen atoms in total. The summed E-state index contributed by atoms with van der Waals surface area (Å²) in [5, 5.41) is 14.2. The van der Waals surface area contributed by atoms with Gasteiger partial charge < -0.3 is 4.98 Å². The number of pyridine rings is 2. The number of thiophene rings is 1. The highest BCUT2D eigenvalue weighted by molar-refractivity contribution is 7.08. The molecule has 0 atom stereocenters. The lowest BCUT2D eigenvalue weighted by Crippen LogP contribution is -1.85. The van der Waals surface area contributed by atoms with Gasteiger partial charge in [0.2, 0.25) is 0 Å². The third kappa shape index (κ3) is 2.65. The summed E-state index contributed by atoms with van der Waals surface area (Å²) >= 11 is 1.71. The van der Waals surface area contributed by atoms with Crippen LogP contribution in [0.2, 0.25) is 0 Å². The fraction of sp³-hybridized carbons (Fsp3) is 0.